The zero-order valence-corrected chi connectivity index (χ0v) is 11.6. The second-order valence-corrected chi connectivity index (χ2v) is 5.59. The van der Waals surface area contributed by atoms with E-state index in [1.807, 2.05) is 0 Å². The molecule has 0 aliphatic carbocycles. The summed E-state index contributed by atoms with van der Waals surface area (Å²) in [6.45, 7) is 13.5. The van der Waals surface area contributed by atoms with Gasteiger partial charge in [0.15, 0.2) is 0 Å². The molecule has 1 atom stereocenters. The molecule has 3 heteroatoms. The number of rotatable bonds is 6. The fraction of sp³-hybridized carbons (Fsp3) is 0.615. The third-order valence-electron chi connectivity index (χ3n) is 2.45. The van der Waals surface area contributed by atoms with E-state index in [1.165, 1.54) is 10.5 Å². The number of nitrogens with zero attached hydrogens (tertiary/aromatic N) is 1. The molecule has 0 radical (unpaired) electrons. The smallest absolute Gasteiger partial charge is 0.0900 e. The second-order valence-electron chi connectivity index (χ2n) is 4.35. The Morgan fingerprint density at radius 3 is 2.62 bits per heavy atom. The Morgan fingerprint density at radius 1 is 1.50 bits per heavy atom. The molecule has 0 bridgehead atoms. The number of thiazole rings is 1. The maximum absolute atomic E-state index is 4.50. The average molecular weight is 238 g/mol. The molecule has 1 rings (SSSR count). The zero-order chi connectivity index (χ0) is 12.1. The first-order valence-electron chi connectivity index (χ1n) is 5.86. The van der Waals surface area contributed by atoms with E-state index in [0.717, 1.165) is 30.1 Å². The van der Waals surface area contributed by atoms with Crippen LogP contribution < -0.4 is 5.32 Å². The largest absolute Gasteiger partial charge is 0.309 e. The number of aryl methyl sites for hydroxylation is 2. The van der Waals surface area contributed by atoms with Crippen LogP contribution in [-0.2, 0) is 0 Å². The average Bonchev–Trinajstić information content (AvgIpc) is 2.52. The van der Waals surface area contributed by atoms with Gasteiger partial charge in [0.05, 0.1) is 10.7 Å². The molecule has 2 nitrogen and oxygen atoms in total. The van der Waals surface area contributed by atoms with E-state index < -0.39 is 0 Å². The van der Waals surface area contributed by atoms with Crippen molar-refractivity contribution in [3.63, 3.8) is 0 Å². The highest BCUT2D eigenvalue weighted by molar-refractivity contribution is 7.11. The van der Waals surface area contributed by atoms with Crippen LogP contribution in [0, 0.1) is 13.8 Å². The summed E-state index contributed by atoms with van der Waals surface area (Å²) in [4.78, 5) is 5.87. The summed E-state index contributed by atoms with van der Waals surface area (Å²) >= 11 is 1.80. The van der Waals surface area contributed by atoms with Gasteiger partial charge < -0.3 is 5.32 Å². The molecule has 0 aliphatic heterocycles. The number of hydrogen-bond acceptors (Lipinski definition) is 3. The summed E-state index contributed by atoms with van der Waals surface area (Å²) in [6.07, 6.45) is 2.16. The predicted octanol–water partition coefficient (Wildman–Crippen LogP) is 3.77. The van der Waals surface area contributed by atoms with E-state index in [1.54, 1.807) is 11.3 Å². The zero-order valence-electron chi connectivity index (χ0n) is 10.8. The first kappa shape index (κ1) is 13.4. The molecule has 90 valence electrons. The standard InChI is InChI=1S/C13H22N2S/c1-6-7-14-12(8-9(2)3)13-10(4)15-11(5)16-13/h12,14H,2,6-8H2,1,3-5H3. The summed E-state index contributed by atoms with van der Waals surface area (Å²) in [6, 6.07) is 0.392. The van der Waals surface area contributed by atoms with Crippen LogP contribution in [0.25, 0.3) is 0 Å². The minimum Gasteiger partial charge on any atom is -0.309 e. The van der Waals surface area contributed by atoms with Crippen LogP contribution in [0.3, 0.4) is 0 Å². The van der Waals surface area contributed by atoms with Crippen molar-refractivity contribution >= 4 is 11.3 Å². The lowest BCUT2D eigenvalue weighted by molar-refractivity contribution is 0.532. The third-order valence-corrected chi connectivity index (χ3v) is 3.64. The first-order valence-corrected chi connectivity index (χ1v) is 6.68. The predicted molar refractivity (Wildman–Crippen MR) is 72.1 cm³/mol. The summed E-state index contributed by atoms with van der Waals surface area (Å²) in [5.74, 6) is 0. The maximum atomic E-state index is 4.50. The van der Waals surface area contributed by atoms with E-state index in [4.69, 9.17) is 0 Å². The van der Waals surface area contributed by atoms with Crippen molar-refractivity contribution in [1.82, 2.24) is 10.3 Å². The first-order chi connectivity index (χ1) is 7.54. The van der Waals surface area contributed by atoms with Gasteiger partial charge in [0.25, 0.3) is 0 Å². The fourth-order valence-electron chi connectivity index (χ4n) is 1.79. The van der Waals surface area contributed by atoms with Crippen molar-refractivity contribution in [3.8, 4) is 0 Å². The molecule has 1 N–H and O–H groups in total. The Morgan fingerprint density at radius 2 is 2.19 bits per heavy atom. The van der Waals surface area contributed by atoms with Crippen molar-refractivity contribution < 1.29 is 0 Å². The van der Waals surface area contributed by atoms with E-state index in [-0.39, 0.29) is 0 Å². The van der Waals surface area contributed by atoms with Gasteiger partial charge in [-0.3, -0.25) is 0 Å². The van der Waals surface area contributed by atoms with Crippen LogP contribution in [-0.4, -0.2) is 11.5 Å². The van der Waals surface area contributed by atoms with Crippen LogP contribution >= 0.6 is 11.3 Å². The number of nitrogens with one attached hydrogen (secondary N) is 1. The van der Waals surface area contributed by atoms with Crippen molar-refractivity contribution in [2.24, 2.45) is 0 Å². The van der Waals surface area contributed by atoms with Gasteiger partial charge in [0, 0.05) is 10.9 Å². The molecule has 0 fully saturated rings. The molecular weight excluding hydrogens is 216 g/mol. The van der Waals surface area contributed by atoms with E-state index in [9.17, 15) is 0 Å². The van der Waals surface area contributed by atoms with Crippen molar-refractivity contribution in [3.05, 3.63) is 27.7 Å². The minimum absolute atomic E-state index is 0.392. The van der Waals surface area contributed by atoms with Gasteiger partial charge in [-0.1, -0.05) is 12.5 Å². The molecule has 0 spiro atoms. The normalized spacial score (nSPS) is 12.8. The van der Waals surface area contributed by atoms with Gasteiger partial charge >= 0.3 is 0 Å². The van der Waals surface area contributed by atoms with Crippen molar-refractivity contribution in [2.45, 2.75) is 46.6 Å². The summed E-state index contributed by atoms with van der Waals surface area (Å²) in [7, 11) is 0. The lowest BCUT2D eigenvalue weighted by Crippen LogP contribution is -2.22. The molecule has 1 aromatic rings. The number of hydrogen-bond donors (Lipinski definition) is 1. The molecule has 0 saturated heterocycles. The van der Waals surface area contributed by atoms with Gasteiger partial charge in [0.1, 0.15) is 0 Å². The molecule has 0 aliphatic rings. The Kier molecular flexibility index (Phi) is 5.16. The summed E-state index contributed by atoms with van der Waals surface area (Å²) < 4.78 is 0. The Hall–Kier alpha value is -0.670. The highest BCUT2D eigenvalue weighted by atomic mass is 32.1. The molecule has 0 aromatic carbocycles. The molecule has 0 saturated carbocycles. The van der Waals surface area contributed by atoms with Gasteiger partial charge in [0.2, 0.25) is 0 Å². The van der Waals surface area contributed by atoms with Crippen LogP contribution in [0.1, 0.15) is 48.3 Å². The van der Waals surface area contributed by atoms with Gasteiger partial charge in [-0.15, -0.1) is 17.9 Å². The Labute approximate surface area is 103 Å². The molecule has 1 unspecified atom stereocenters. The second kappa shape index (κ2) is 6.16. The van der Waals surface area contributed by atoms with Crippen LogP contribution in [0.5, 0.6) is 0 Å². The minimum atomic E-state index is 0.392. The van der Waals surface area contributed by atoms with Crippen molar-refractivity contribution in [1.29, 1.82) is 0 Å². The van der Waals surface area contributed by atoms with E-state index >= 15 is 0 Å². The van der Waals surface area contributed by atoms with E-state index in [0.29, 0.717) is 6.04 Å². The lowest BCUT2D eigenvalue weighted by atomic mass is 10.1. The van der Waals surface area contributed by atoms with Crippen molar-refractivity contribution in [2.75, 3.05) is 6.54 Å². The topological polar surface area (TPSA) is 24.9 Å². The Balaban J connectivity index is 2.82. The molecular formula is C13H22N2S. The highest BCUT2D eigenvalue weighted by Crippen LogP contribution is 2.28. The van der Waals surface area contributed by atoms with Gasteiger partial charge in [-0.05, 0) is 40.2 Å². The van der Waals surface area contributed by atoms with Gasteiger partial charge in [-0.2, -0.15) is 0 Å². The third kappa shape index (κ3) is 3.72. The lowest BCUT2D eigenvalue weighted by Gasteiger charge is -2.17. The Bertz CT molecular complexity index is 355. The quantitative estimate of drug-likeness (QED) is 0.763. The van der Waals surface area contributed by atoms with Gasteiger partial charge in [-0.25, -0.2) is 4.98 Å². The summed E-state index contributed by atoms with van der Waals surface area (Å²) in [5.41, 5.74) is 2.39. The fourth-order valence-corrected chi connectivity index (χ4v) is 2.80. The molecule has 0 amide bonds. The van der Waals surface area contributed by atoms with Crippen LogP contribution in [0.2, 0.25) is 0 Å². The SMILES string of the molecule is C=C(C)CC(NCCC)c1sc(C)nc1C. The molecule has 1 aromatic heterocycles. The van der Waals surface area contributed by atoms with Crippen LogP contribution in [0.15, 0.2) is 12.2 Å². The monoisotopic (exact) mass is 238 g/mol. The molecule has 16 heavy (non-hydrogen) atoms. The highest BCUT2D eigenvalue weighted by Gasteiger charge is 2.16. The maximum Gasteiger partial charge on any atom is 0.0900 e. The van der Waals surface area contributed by atoms with E-state index in [2.05, 4.69) is 44.6 Å². The van der Waals surface area contributed by atoms with Crippen LogP contribution in [0.4, 0.5) is 0 Å². The number of aromatic nitrogens is 1. The summed E-state index contributed by atoms with van der Waals surface area (Å²) in [5, 5.41) is 4.73. The molecule has 1 heterocycles.